The molecule has 0 saturated heterocycles. The SMILES string of the molecule is CCOC(CNC(=O)Nc1c[nH]c2ccccc12)OCC. The molecule has 1 heterocycles. The Labute approximate surface area is 123 Å². The number of anilines is 1. The van der Waals surface area contributed by atoms with Gasteiger partial charge in [-0.15, -0.1) is 0 Å². The topological polar surface area (TPSA) is 75.4 Å². The van der Waals surface area contributed by atoms with Crippen LogP contribution in [0, 0.1) is 0 Å². The highest BCUT2D eigenvalue weighted by Crippen LogP contribution is 2.22. The number of carbonyl (C=O) groups is 1. The van der Waals surface area contributed by atoms with E-state index >= 15 is 0 Å². The molecule has 114 valence electrons. The van der Waals surface area contributed by atoms with Crippen molar-refractivity contribution in [3.63, 3.8) is 0 Å². The summed E-state index contributed by atoms with van der Waals surface area (Å²) in [7, 11) is 0. The van der Waals surface area contributed by atoms with Gasteiger partial charge in [0.15, 0.2) is 6.29 Å². The summed E-state index contributed by atoms with van der Waals surface area (Å²) in [6.07, 6.45) is 1.35. The molecular weight excluding hydrogens is 270 g/mol. The average Bonchev–Trinajstić information content (AvgIpc) is 2.89. The Morgan fingerprint density at radius 2 is 1.95 bits per heavy atom. The summed E-state index contributed by atoms with van der Waals surface area (Å²) >= 11 is 0. The van der Waals surface area contributed by atoms with Crippen LogP contribution in [0.1, 0.15) is 13.8 Å². The van der Waals surface area contributed by atoms with E-state index in [0.29, 0.717) is 19.8 Å². The smallest absolute Gasteiger partial charge is 0.319 e. The van der Waals surface area contributed by atoms with Crippen molar-refractivity contribution in [2.45, 2.75) is 20.1 Å². The number of nitrogens with one attached hydrogen (secondary N) is 3. The van der Waals surface area contributed by atoms with Gasteiger partial charge in [0.05, 0.1) is 12.2 Å². The molecule has 6 heteroatoms. The Hall–Kier alpha value is -2.05. The lowest BCUT2D eigenvalue weighted by Gasteiger charge is -2.17. The van der Waals surface area contributed by atoms with Crippen LogP contribution >= 0.6 is 0 Å². The van der Waals surface area contributed by atoms with Crippen molar-refractivity contribution >= 4 is 22.6 Å². The molecule has 6 nitrogen and oxygen atoms in total. The molecular formula is C15H21N3O3. The fourth-order valence-electron chi connectivity index (χ4n) is 2.06. The molecule has 0 saturated carbocycles. The second-order valence-electron chi connectivity index (χ2n) is 4.42. The van der Waals surface area contributed by atoms with Crippen molar-refractivity contribution in [3.8, 4) is 0 Å². The van der Waals surface area contributed by atoms with E-state index in [1.165, 1.54) is 0 Å². The second kappa shape index (κ2) is 7.66. The van der Waals surface area contributed by atoms with E-state index in [0.717, 1.165) is 16.6 Å². The molecule has 0 aliphatic rings. The van der Waals surface area contributed by atoms with Crippen LogP contribution < -0.4 is 10.6 Å². The first kappa shape index (κ1) is 15.3. The van der Waals surface area contributed by atoms with Gasteiger partial charge in [-0.3, -0.25) is 0 Å². The summed E-state index contributed by atoms with van der Waals surface area (Å²) < 4.78 is 10.7. The lowest BCUT2D eigenvalue weighted by Crippen LogP contribution is -2.37. The maximum Gasteiger partial charge on any atom is 0.319 e. The summed E-state index contributed by atoms with van der Waals surface area (Å²) in [5.41, 5.74) is 1.72. The number of aromatic nitrogens is 1. The number of carbonyl (C=O) groups excluding carboxylic acids is 1. The molecule has 0 aliphatic heterocycles. The largest absolute Gasteiger partial charge is 0.359 e. The molecule has 0 unspecified atom stereocenters. The molecule has 2 rings (SSSR count). The molecule has 1 aromatic carbocycles. The fraction of sp³-hybridized carbons (Fsp3) is 0.400. The number of hydrogen-bond donors (Lipinski definition) is 3. The van der Waals surface area contributed by atoms with Crippen LogP contribution in [0.3, 0.4) is 0 Å². The Morgan fingerprint density at radius 3 is 2.67 bits per heavy atom. The number of H-pyrrole nitrogens is 1. The van der Waals surface area contributed by atoms with Gasteiger partial charge < -0.3 is 25.1 Å². The van der Waals surface area contributed by atoms with Crippen LogP contribution in [-0.2, 0) is 9.47 Å². The molecule has 0 bridgehead atoms. The Bertz CT molecular complexity index is 576. The Morgan fingerprint density at radius 1 is 1.24 bits per heavy atom. The van der Waals surface area contributed by atoms with E-state index in [-0.39, 0.29) is 6.03 Å². The van der Waals surface area contributed by atoms with Crippen LogP contribution in [-0.4, -0.2) is 37.1 Å². The summed E-state index contributed by atoms with van der Waals surface area (Å²) in [6, 6.07) is 7.49. The summed E-state index contributed by atoms with van der Waals surface area (Å²) in [6.45, 7) is 5.15. The molecule has 2 aromatic rings. The van der Waals surface area contributed by atoms with Gasteiger partial charge in [0, 0.05) is 30.3 Å². The standard InChI is InChI=1S/C15H21N3O3/c1-3-20-14(21-4-2)10-17-15(19)18-13-9-16-12-8-6-5-7-11(12)13/h5-9,14,16H,3-4,10H2,1-2H3,(H2,17,18,19). The van der Waals surface area contributed by atoms with Crippen molar-refractivity contribution in [1.82, 2.24) is 10.3 Å². The second-order valence-corrected chi connectivity index (χ2v) is 4.42. The van der Waals surface area contributed by atoms with Gasteiger partial charge in [-0.05, 0) is 19.9 Å². The van der Waals surface area contributed by atoms with Crippen molar-refractivity contribution in [1.29, 1.82) is 0 Å². The van der Waals surface area contributed by atoms with Crippen molar-refractivity contribution in [2.24, 2.45) is 0 Å². The van der Waals surface area contributed by atoms with Gasteiger partial charge in [0.25, 0.3) is 0 Å². The predicted molar refractivity (Wildman–Crippen MR) is 82.4 cm³/mol. The van der Waals surface area contributed by atoms with Crippen LogP contribution in [0.25, 0.3) is 10.9 Å². The van der Waals surface area contributed by atoms with E-state index in [2.05, 4.69) is 15.6 Å². The number of urea groups is 1. The number of amides is 2. The number of aromatic amines is 1. The quantitative estimate of drug-likeness (QED) is 0.687. The first-order valence-corrected chi connectivity index (χ1v) is 7.08. The van der Waals surface area contributed by atoms with Gasteiger partial charge in [-0.25, -0.2) is 4.79 Å². The fourth-order valence-corrected chi connectivity index (χ4v) is 2.06. The minimum absolute atomic E-state index is 0.288. The molecule has 21 heavy (non-hydrogen) atoms. The van der Waals surface area contributed by atoms with Gasteiger partial charge >= 0.3 is 6.03 Å². The zero-order chi connectivity index (χ0) is 15.1. The normalized spacial score (nSPS) is 11.0. The van der Waals surface area contributed by atoms with Gasteiger partial charge in [0.2, 0.25) is 0 Å². The molecule has 3 N–H and O–H groups in total. The Balaban J connectivity index is 1.89. The number of fused-ring (bicyclic) bond motifs is 1. The van der Waals surface area contributed by atoms with Crippen molar-refractivity contribution in [3.05, 3.63) is 30.5 Å². The molecule has 0 atom stereocenters. The van der Waals surface area contributed by atoms with E-state index in [1.54, 1.807) is 6.20 Å². The minimum Gasteiger partial charge on any atom is -0.359 e. The van der Waals surface area contributed by atoms with E-state index in [9.17, 15) is 4.79 Å². The number of hydrogen-bond acceptors (Lipinski definition) is 3. The van der Waals surface area contributed by atoms with Crippen LogP contribution in [0.15, 0.2) is 30.5 Å². The molecule has 0 radical (unpaired) electrons. The summed E-state index contributed by atoms with van der Waals surface area (Å²) in [5.74, 6) is 0. The monoisotopic (exact) mass is 291 g/mol. The zero-order valence-electron chi connectivity index (χ0n) is 12.3. The maximum atomic E-state index is 11.9. The van der Waals surface area contributed by atoms with Gasteiger partial charge in [-0.2, -0.15) is 0 Å². The van der Waals surface area contributed by atoms with E-state index in [1.807, 2.05) is 38.1 Å². The number of rotatable bonds is 7. The molecule has 1 aromatic heterocycles. The minimum atomic E-state index is -0.422. The highest BCUT2D eigenvalue weighted by atomic mass is 16.7. The van der Waals surface area contributed by atoms with E-state index < -0.39 is 6.29 Å². The third-order valence-corrected chi connectivity index (χ3v) is 2.97. The van der Waals surface area contributed by atoms with Crippen LogP contribution in [0.4, 0.5) is 10.5 Å². The van der Waals surface area contributed by atoms with E-state index in [4.69, 9.17) is 9.47 Å². The predicted octanol–water partition coefficient (Wildman–Crippen LogP) is 2.69. The highest BCUT2D eigenvalue weighted by molar-refractivity contribution is 6.00. The summed E-state index contributed by atoms with van der Waals surface area (Å²) in [5, 5.41) is 6.52. The van der Waals surface area contributed by atoms with Gasteiger partial charge in [-0.1, -0.05) is 18.2 Å². The molecule has 0 aliphatic carbocycles. The summed E-state index contributed by atoms with van der Waals surface area (Å²) in [4.78, 5) is 15.0. The van der Waals surface area contributed by atoms with Crippen molar-refractivity contribution < 1.29 is 14.3 Å². The zero-order valence-corrected chi connectivity index (χ0v) is 12.3. The maximum absolute atomic E-state index is 11.9. The highest BCUT2D eigenvalue weighted by Gasteiger charge is 2.11. The molecule has 0 fully saturated rings. The molecule has 2 amide bonds. The van der Waals surface area contributed by atoms with Crippen LogP contribution in [0.5, 0.6) is 0 Å². The third-order valence-electron chi connectivity index (χ3n) is 2.97. The Kier molecular flexibility index (Phi) is 5.59. The first-order chi connectivity index (χ1) is 10.2. The van der Waals surface area contributed by atoms with Crippen molar-refractivity contribution in [2.75, 3.05) is 25.1 Å². The number of para-hydroxylation sites is 1. The number of benzene rings is 1. The average molecular weight is 291 g/mol. The third kappa shape index (κ3) is 4.21. The van der Waals surface area contributed by atoms with Gasteiger partial charge in [0.1, 0.15) is 0 Å². The molecule has 0 spiro atoms. The lowest BCUT2D eigenvalue weighted by atomic mass is 10.2. The first-order valence-electron chi connectivity index (χ1n) is 7.08. The van der Waals surface area contributed by atoms with Crippen LogP contribution in [0.2, 0.25) is 0 Å². The lowest BCUT2D eigenvalue weighted by molar-refractivity contribution is -0.131. The number of ether oxygens (including phenoxy) is 2.